The third kappa shape index (κ3) is 4.56. The van der Waals surface area contributed by atoms with E-state index >= 15 is 0 Å². The van der Waals surface area contributed by atoms with Crippen molar-refractivity contribution in [3.63, 3.8) is 0 Å². The first-order chi connectivity index (χ1) is 14.7. The highest BCUT2D eigenvalue weighted by Crippen LogP contribution is 2.35. The monoisotopic (exact) mass is 404 g/mol. The third-order valence-electron chi connectivity index (χ3n) is 6.16. The third-order valence-corrected chi connectivity index (χ3v) is 6.16. The van der Waals surface area contributed by atoms with Crippen molar-refractivity contribution in [1.82, 2.24) is 20.3 Å². The fourth-order valence-corrected chi connectivity index (χ4v) is 4.41. The SMILES string of the molecule is Cc1ccccc1CN[C@@H]1C[C@@H](O)[C@H](CO)[C@H]1Cc1ccnc(-c2cccnc2)n1. The molecule has 2 aromatic heterocycles. The maximum Gasteiger partial charge on any atom is 0.160 e. The molecule has 2 heterocycles. The molecule has 0 unspecified atom stereocenters. The minimum Gasteiger partial charge on any atom is -0.396 e. The van der Waals surface area contributed by atoms with Gasteiger partial charge < -0.3 is 15.5 Å². The molecule has 6 nitrogen and oxygen atoms in total. The summed E-state index contributed by atoms with van der Waals surface area (Å²) in [6.07, 6.45) is 6.02. The van der Waals surface area contributed by atoms with Gasteiger partial charge in [0.1, 0.15) is 0 Å². The van der Waals surface area contributed by atoms with Crippen molar-refractivity contribution >= 4 is 0 Å². The Bertz CT molecular complexity index is 966. The van der Waals surface area contributed by atoms with Gasteiger partial charge in [0.05, 0.1) is 6.10 Å². The predicted molar refractivity (Wildman–Crippen MR) is 115 cm³/mol. The molecule has 156 valence electrons. The second kappa shape index (κ2) is 9.43. The van der Waals surface area contributed by atoms with Crippen LogP contribution >= 0.6 is 0 Å². The van der Waals surface area contributed by atoms with Crippen LogP contribution in [-0.2, 0) is 13.0 Å². The molecule has 1 fully saturated rings. The highest BCUT2D eigenvalue weighted by atomic mass is 16.3. The lowest BCUT2D eigenvalue weighted by molar-refractivity contribution is 0.0716. The first-order valence-electron chi connectivity index (χ1n) is 10.4. The van der Waals surface area contributed by atoms with Crippen LogP contribution in [0.4, 0.5) is 0 Å². The lowest BCUT2D eigenvalue weighted by Gasteiger charge is -2.25. The Morgan fingerprint density at radius 1 is 1.07 bits per heavy atom. The number of benzene rings is 1. The van der Waals surface area contributed by atoms with E-state index in [1.165, 1.54) is 11.1 Å². The van der Waals surface area contributed by atoms with E-state index in [2.05, 4.69) is 34.3 Å². The van der Waals surface area contributed by atoms with Crippen molar-refractivity contribution in [1.29, 1.82) is 0 Å². The minimum absolute atomic E-state index is 0.0328. The molecular weight excluding hydrogens is 376 g/mol. The summed E-state index contributed by atoms with van der Waals surface area (Å²) in [5, 5.41) is 24.1. The molecule has 30 heavy (non-hydrogen) atoms. The van der Waals surface area contributed by atoms with Gasteiger partial charge in [0.2, 0.25) is 0 Å². The summed E-state index contributed by atoms with van der Waals surface area (Å²) in [7, 11) is 0. The number of pyridine rings is 1. The van der Waals surface area contributed by atoms with Gasteiger partial charge in [-0.2, -0.15) is 0 Å². The summed E-state index contributed by atoms with van der Waals surface area (Å²) >= 11 is 0. The number of aryl methyl sites for hydroxylation is 1. The van der Waals surface area contributed by atoms with Gasteiger partial charge in [-0.25, -0.2) is 9.97 Å². The fourth-order valence-electron chi connectivity index (χ4n) is 4.41. The summed E-state index contributed by atoms with van der Waals surface area (Å²) < 4.78 is 0. The number of rotatable bonds is 7. The Kier molecular flexibility index (Phi) is 6.47. The van der Waals surface area contributed by atoms with Crippen LogP contribution in [-0.4, -0.2) is 43.9 Å². The van der Waals surface area contributed by atoms with Gasteiger partial charge in [-0.15, -0.1) is 0 Å². The molecule has 4 rings (SSSR count). The van der Waals surface area contributed by atoms with Crippen molar-refractivity contribution < 1.29 is 10.2 Å². The smallest absolute Gasteiger partial charge is 0.160 e. The zero-order chi connectivity index (χ0) is 20.9. The quantitative estimate of drug-likeness (QED) is 0.561. The highest BCUT2D eigenvalue weighted by Gasteiger charge is 2.42. The highest BCUT2D eigenvalue weighted by molar-refractivity contribution is 5.52. The molecule has 0 saturated heterocycles. The Balaban J connectivity index is 1.52. The molecule has 0 bridgehead atoms. The number of aromatic nitrogens is 3. The molecule has 3 aromatic rings. The van der Waals surface area contributed by atoms with E-state index in [1.54, 1.807) is 18.6 Å². The van der Waals surface area contributed by atoms with Crippen LogP contribution in [0.2, 0.25) is 0 Å². The van der Waals surface area contributed by atoms with Gasteiger partial charge in [0.15, 0.2) is 5.82 Å². The van der Waals surface area contributed by atoms with Crippen molar-refractivity contribution in [3.8, 4) is 11.4 Å². The van der Waals surface area contributed by atoms with Crippen molar-refractivity contribution in [2.24, 2.45) is 11.8 Å². The van der Waals surface area contributed by atoms with Crippen LogP contribution in [0.1, 0.15) is 23.2 Å². The van der Waals surface area contributed by atoms with Gasteiger partial charge in [0.25, 0.3) is 0 Å². The summed E-state index contributed by atoms with van der Waals surface area (Å²) in [6.45, 7) is 2.81. The Hall–Kier alpha value is -2.67. The molecule has 3 N–H and O–H groups in total. The number of nitrogens with one attached hydrogen (secondary N) is 1. The maximum absolute atomic E-state index is 10.6. The number of aliphatic hydroxyl groups is 2. The summed E-state index contributed by atoms with van der Waals surface area (Å²) in [5.41, 5.74) is 4.28. The van der Waals surface area contributed by atoms with Crippen LogP contribution < -0.4 is 5.32 Å². The second-order valence-corrected chi connectivity index (χ2v) is 8.04. The molecule has 4 atom stereocenters. The van der Waals surface area contributed by atoms with Crippen molar-refractivity contribution in [2.45, 2.75) is 38.5 Å². The van der Waals surface area contributed by atoms with Crippen LogP contribution in [0.25, 0.3) is 11.4 Å². The van der Waals surface area contributed by atoms with Crippen LogP contribution in [0.15, 0.2) is 61.1 Å². The molecule has 0 amide bonds. The maximum atomic E-state index is 10.6. The van der Waals surface area contributed by atoms with E-state index in [1.807, 2.05) is 30.3 Å². The predicted octanol–water partition coefficient (Wildman–Crippen LogP) is 2.54. The molecule has 0 aliphatic heterocycles. The van der Waals surface area contributed by atoms with Gasteiger partial charge >= 0.3 is 0 Å². The van der Waals surface area contributed by atoms with Crippen molar-refractivity contribution in [3.05, 3.63) is 77.9 Å². The molecule has 1 aliphatic carbocycles. The molecule has 1 aromatic carbocycles. The van der Waals surface area contributed by atoms with Crippen LogP contribution in [0.5, 0.6) is 0 Å². The molecule has 0 spiro atoms. The Morgan fingerprint density at radius 2 is 1.93 bits per heavy atom. The Labute approximate surface area is 177 Å². The van der Waals surface area contributed by atoms with Gasteiger partial charge in [-0.05, 0) is 55.0 Å². The topological polar surface area (TPSA) is 91.2 Å². The standard InChI is InChI=1S/C24H28N4O2/c1-16-5-2-3-6-17(16)14-27-22-12-23(30)21(15-29)20(22)11-19-8-10-26-24(28-19)18-7-4-9-25-13-18/h2-10,13,20-23,27,29-30H,11-12,14-15H2,1H3/t20-,21-,22-,23-/m1/s1. The first-order valence-corrected chi connectivity index (χ1v) is 10.4. The zero-order valence-electron chi connectivity index (χ0n) is 17.1. The Morgan fingerprint density at radius 3 is 2.70 bits per heavy atom. The lowest BCUT2D eigenvalue weighted by Crippen LogP contribution is -2.36. The lowest BCUT2D eigenvalue weighted by atomic mass is 9.88. The van der Waals surface area contributed by atoms with E-state index in [-0.39, 0.29) is 24.5 Å². The van der Waals surface area contributed by atoms with E-state index < -0.39 is 6.10 Å². The van der Waals surface area contributed by atoms with E-state index in [0.717, 1.165) is 17.8 Å². The largest absolute Gasteiger partial charge is 0.396 e. The van der Waals surface area contributed by atoms with Crippen molar-refractivity contribution in [2.75, 3.05) is 6.61 Å². The van der Waals surface area contributed by atoms with Crippen LogP contribution in [0, 0.1) is 18.8 Å². The molecule has 6 heteroatoms. The number of hydrogen-bond acceptors (Lipinski definition) is 6. The number of hydrogen-bond donors (Lipinski definition) is 3. The van der Waals surface area contributed by atoms with E-state index in [4.69, 9.17) is 4.98 Å². The van der Waals surface area contributed by atoms with Gasteiger partial charge in [0, 0.05) is 55.0 Å². The van der Waals surface area contributed by atoms with Crippen LogP contribution in [0.3, 0.4) is 0 Å². The number of nitrogens with zero attached hydrogens (tertiary/aromatic N) is 3. The average Bonchev–Trinajstić information content (AvgIpc) is 3.08. The second-order valence-electron chi connectivity index (χ2n) is 8.04. The average molecular weight is 405 g/mol. The van der Waals surface area contributed by atoms with Gasteiger partial charge in [-0.1, -0.05) is 24.3 Å². The molecule has 1 aliphatic rings. The summed E-state index contributed by atoms with van der Waals surface area (Å²) in [6, 6.07) is 14.1. The normalized spacial score (nSPS) is 23.6. The molecule has 1 saturated carbocycles. The fraction of sp³-hybridized carbons (Fsp3) is 0.375. The van der Waals surface area contributed by atoms with E-state index in [9.17, 15) is 10.2 Å². The number of aliphatic hydroxyl groups excluding tert-OH is 2. The first kappa shape index (κ1) is 20.6. The zero-order valence-corrected chi connectivity index (χ0v) is 17.1. The molecular formula is C24H28N4O2. The molecule has 0 radical (unpaired) electrons. The summed E-state index contributed by atoms with van der Waals surface area (Å²) in [5.74, 6) is 0.561. The van der Waals surface area contributed by atoms with Gasteiger partial charge in [-0.3, -0.25) is 4.98 Å². The summed E-state index contributed by atoms with van der Waals surface area (Å²) in [4.78, 5) is 13.2. The minimum atomic E-state index is -0.519. The van der Waals surface area contributed by atoms with E-state index in [0.29, 0.717) is 18.7 Å².